The van der Waals surface area contributed by atoms with Crippen molar-refractivity contribution in [3.63, 3.8) is 0 Å². The van der Waals surface area contributed by atoms with Crippen LogP contribution in [-0.4, -0.2) is 44.3 Å². The van der Waals surface area contributed by atoms with Crippen molar-refractivity contribution in [1.29, 1.82) is 0 Å². The number of rotatable bonds is 14. The lowest BCUT2D eigenvalue weighted by Crippen LogP contribution is -2.53. The number of nitrogens with zero attached hydrogens (tertiary/aromatic N) is 2. The first kappa shape index (κ1) is 33.9. The summed E-state index contributed by atoms with van der Waals surface area (Å²) in [7, 11) is -4.13. The molecule has 45 heavy (non-hydrogen) atoms. The van der Waals surface area contributed by atoms with Crippen LogP contribution < -0.4 is 9.62 Å². The fourth-order valence-electron chi connectivity index (χ4n) is 4.95. The molecule has 0 radical (unpaired) electrons. The summed E-state index contributed by atoms with van der Waals surface area (Å²) in [6, 6.07) is 31.5. The van der Waals surface area contributed by atoms with E-state index in [1.54, 1.807) is 30.3 Å². The zero-order valence-electron chi connectivity index (χ0n) is 25.9. The Balaban J connectivity index is 1.79. The molecule has 0 aliphatic heterocycles. The molecule has 9 heteroatoms. The molecule has 4 rings (SSSR count). The second-order valence-electron chi connectivity index (χ2n) is 11.3. The minimum Gasteiger partial charge on any atom is -0.354 e. The summed E-state index contributed by atoms with van der Waals surface area (Å²) < 4.78 is 30.2. The topological polar surface area (TPSA) is 86.8 Å². The predicted octanol–water partition coefficient (Wildman–Crippen LogP) is 6.62. The number of anilines is 1. The summed E-state index contributed by atoms with van der Waals surface area (Å²) in [5.74, 6) is -0.575. The Hall–Kier alpha value is -3.95. The lowest BCUT2D eigenvalue weighted by Gasteiger charge is -2.34. The van der Waals surface area contributed by atoms with Gasteiger partial charge in [0.2, 0.25) is 11.8 Å². The Kier molecular flexibility index (Phi) is 12.0. The van der Waals surface area contributed by atoms with Crippen LogP contribution in [0.2, 0.25) is 0 Å². The second kappa shape index (κ2) is 15.9. The number of carbonyl (C=O) groups excluding carboxylic acids is 2. The maximum Gasteiger partial charge on any atom is 0.264 e. The van der Waals surface area contributed by atoms with Crippen molar-refractivity contribution in [1.82, 2.24) is 10.2 Å². The first-order chi connectivity index (χ1) is 21.6. The molecular formula is C36H40BrN3O4S. The van der Waals surface area contributed by atoms with Crippen molar-refractivity contribution >= 4 is 43.5 Å². The minimum absolute atomic E-state index is 0.0754. The Morgan fingerprint density at radius 3 is 2.02 bits per heavy atom. The van der Waals surface area contributed by atoms with Gasteiger partial charge in [-0.1, -0.05) is 109 Å². The van der Waals surface area contributed by atoms with Gasteiger partial charge in [-0.2, -0.15) is 0 Å². The molecule has 2 amide bonds. The van der Waals surface area contributed by atoms with Gasteiger partial charge in [-0.05, 0) is 65.4 Å². The predicted molar refractivity (Wildman–Crippen MR) is 183 cm³/mol. The summed E-state index contributed by atoms with van der Waals surface area (Å²) in [4.78, 5) is 30.0. The van der Waals surface area contributed by atoms with E-state index in [9.17, 15) is 18.0 Å². The quantitative estimate of drug-likeness (QED) is 0.161. The average molecular weight is 691 g/mol. The van der Waals surface area contributed by atoms with E-state index in [-0.39, 0.29) is 29.7 Å². The number of amides is 2. The van der Waals surface area contributed by atoms with E-state index >= 15 is 0 Å². The third-order valence-corrected chi connectivity index (χ3v) is 9.72. The number of hydrogen-bond donors (Lipinski definition) is 1. The van der Waals surface area contributed by atoms with E-state index in [1.807, 2.05) is 87.5 Å². The first-order valence-electron chi connectivity index (χ1n) is 15.1. The normalized spacial score (nSPS) is 12.0. The molecule has 0 spiro atoms. The van der Waals surface area contributed by atoms with Gasteiger partial charge in [0.15, 0.2) is 0 Å². The Bertz CT molecular complexity index is 1660. The van der Waals surface area contributed by atoms with E-state index in [0.29, 0.717) is 12.2 Å². The molecule has 0 bridgehead atoms. The van der Waals surface area contributed by atoms with E-state index in [2.05, 4.69) is 21.2 Å². The van der Waals surface area contributed by atoms with Gasteiger partial charge in [-0.25, -0.2) is 8.42 Å². The number of benzene rings is 4. The van der Waals surface area contributed by atoms with Crippen LogP contribution in [-0.2, 0) is 39.0 Å². The van der Waals surface area contributed by atoms with E-state index < -0.39 is 28.5 Å². The number of hydrogen-bond acceptors (Lipinski definition) is 4. The highest BCUT2D eigenvalue weighted by molar-refractivity contribution is 9.10. The fraction of sp³-hybridized carbons (Fsp3) is 0.278. The van der Waals surface area contributed by atoms with Crippen molar-refractivity contribution in [3.8, 4) is 0 Å². The molecule has 7 nitrogen and oxygen atoms in total. The van der Waals surface area contributed by atoms with Crippen LogP contribution in [0.25, 0.3) is 0 Å². The molecule has 0 fully saturated rings. The Morgan fingerprint density at radius 2 is 1.42 bits per heavy atom. The van der Waals surface area contributed by atoms with E-state index in [4.69, 9.17) is 0 Å². The Labute approximate surface area is 275 Å². The second-order valence-corrected chi connectivity index (χ2v) is 14.1. The highest BCUT2D eigenvalue weighted by Gasteiger charge is 2.34. The number of nitrogens with one attached hydrogen (secondary N) is 1. The summed E-state index contributed by atoms with van der Waals surface area (Å²) in [5.41, 5.74) is 3.11. The van der Waals surface area contributed by atoms with Gasteiger partial charge >= 0.3 is 0 Å². The maximum absolute atomic E-state index is 14.5. The molecule has 0 aliphatic carbocycles. The van der Waals surface area contributed by atoms with Crippen LogP contribution in [0.15, 0.2) is 119 Å². The molecule has 0 unspecified atom stereocenters. The highest BCUT2D eigenvalue weighted by atomic mass is 79.9. The van der Waals surface area contributed by atoms with Crippen LogP contribution in [0, 0.1) is 5.92 Å². The third kappa shape index (κ3) is 9.28. The zero-order chi connectivity index (χ0) is 32.4. The molecule has 0 aromatic heterocycles. The van der Waals surface area contributed by atoms with E-state index in [1.165, 1.54) is 17.0 Å². The Morgan fingerprint density at radius 1 is 0.800 bits per heavy atom. The zero-order valence-corrected chi connectivity index (χ0v) is 28.3. The molecule has 0 saturated heterocycles. The third-order valence-electron chi connectivity index (χ3n) is 7.44. The van der Waals surface area contributed by atoms with Crippen molar-refractivity contribution in [2.24, 2.45) is 5.92 Å². The summed E-state index contributed by atoms with van der Waals surface area (Å²) in [6.45, 7) is 6.10. The van der Waals surface area contributed by atoms with Gasteiger partial charge in [-0.3, -0.25) is 13.9 Å². The SMILES string of the molecule is CCc1ccc(N(CC(=O)N(Cc2cccc(Br)c2)[C@@H](Cc2ccccc2)C(=O)NCC(C)C)S(=O)(=O)c2ccccc2)cc1. The van der Waals surface area contributed by atoms with Crippen LogP contribution in [0.5, 0.6) is 0 Å². The minimum atomic E-state index is -4.13. The molecule has 1 atom stereocenters. The van der Waals surface area contributed by atoms with Gasteiger partial charge in [0.1, 0.15) is 12.6 Å². The van der Waals surface area contributed by atoms with Crippen molar-refractivity contribution < 1.29 is 18.0 Å². The number of aryl methyl sites for hydroxylation is 1. The molecule has 0 aliphatic rings. The largest absolute Gasteiger partial charge is 0.354 e. The number of halogens is 1. The van der Waals surface area contributed by atoms with Gasteiger partial charge in [0.25, 0.3) is 10.0 Å². The van der Waals surface area contributed by atoms with E-state index in [0.717, 1.165) is 31.9 Å². The van der Waals surface area contributed by atoms with Gasteiger partial charge < -0.3 is 10.2 Å². The molecule has 0 heterocycles. The molecular weight excluding hydrogens is 650 g/mol. The maximum atomic E-state index is 14.5. The van der Waals surface area contributed by atoms with Crippen molar-refractivity contribution in [2.45, 2.75) is 51.1 Å². The summed E-state index contributed by atoms with van der Waals surface area (Å²) in [6.07, 6.45) is 1.05. The molecule has 4 aromatic carbocycles. The molecule has 236 valence electrons. The van der Waals surface area contributed by atoms with Crippen LogP contribution in [0.4, 0.5) is 5.69 Å². The van der Waals surface area contributed by atoms with Crippen LogP contribution in [0.1, 0.15) is 37.5 Å². The molecule has 1 N–H and O–H groups in total. The van der Waals surface area contributed by atoms with Gasteiger partial charge in [0.05, 0.1) is 10.6 Å². The highest BCUT2D eigenvalue weighted by Crippen LogP contribution is 2.26. The van der Waals surface area contributed by atoms with Gasteiger partial charge in [0, 0.05) is 24.0 Å². The van der Waals surface area contributed by atoms with Crippen LogP contribution in [0.3, 0.4) is 0 Å². The van der Waals surface area contributed by atoms with Gasteiger partial charge in [-0.15, -0.1) is 0 Å². The standard InChI is InChI=1S/C36H40BrN3O4S/c1-4-28-18-20-32(21-19-28)40(45(43,44)33-16-9-6-10-17-33)26-35(41)39(25-30-14-11-15-31(37)22-30)34(36(42)38-24-27(2)3)23-29-12-7-5-8-13-29/h5-22,27,34H,4,23-26H2,1-3H3,(H,38,42)/t34-/m0/s1. The summed E-state index contributed by atoms with van der Waals surface area (Å²) >= 11 is 3.51. The van der Waals surface area contributed by atoms with Crippen molar-refractivity contribution in [3.05, 3.63) is 130 Å². The number of carbonyl (C=O) groups is 2. The lowest BCUT2D eigenvalue weighted by molar-refractivity contribution is -0.140. The monoisotopic (exact) mass is 689 g/mol. The fourth-order valence-corrected chi connectivity index (χ4v) is 6.84. The molecule has 0 saturated carbocycles. The molecule has 4 aromatic rings. The van der Waals surface area contributed by atoms with Crippen molar-refractivity contribution in [2.75, 3.05) is 17.4 Å². The smallest absolute Gasteiger partial charge is 0.264 e. The summed E-state index contributed by atoms with van der Waals surface area (Å²) in [5, 5.41) is 3.01. The lowest BCUT2D eigenvalue weighted by atomic mass is 10.0. The number of sulfonamides is 1. The first-order valence-corrected chi connectivity index (χ1v) is 17.3. The van der Waals surface area contributed by atoms with Crippen LogP contribution >= 0.6 is 15.9 Å². The average Bonchev–Trinajstić information content (AvgIpc) is 3.05.